The van der Waals surface area contributed by atoms with E-state index in [0.717, 1.165) is 4.90 Å². The molecule has 2 aromatic rings. The minimum Gasteiger partial charge on any atom is -0.320 e. The van der Waals surface area contributed by atoms with Gasteiger partial charge < -0.3 is 10.2 Å². The maximum Gasteiger partial charge on any atom is 0.312 e. The fraction of sp³-hybridized carbons (Fsp3) is 0.333. The normalized spacial score (nSPS) is 12.0. The molecule has 0 aliphatic heterocycles. The van der Waals surface area contributed by atoms with E-state index in [0.29, 0.717) is 28.8 Å². The van der Waals surface area contributed by atoms with E-state index < -0.39 is 4.92 Å². The molecule has 0 aliphatic rings. The van der Waals surface area contributed by atoms with Crippen LogP contribution in [-0.2, 0) is 11.5 Å². The summed E-state index contributed by atoms with van der Waals surface area (Å²) in [6.45, 7) is 3.77. The number of hydrogen-bond acceptors (Lipinski definition) is 4. The number of hydrogen-bond donors (Lipinski definition) is 2. The van der Waals surface area contributed by atoms with Gasteiger partial charge in [-0.25, -0.2) is 4.68 Å². The second-order valence-electron chi connectivity index (χ2n) is 5.60. The van der Waals surface area contributed by atoms with E-state index in [2.05, 4.69) is 10.4 Å². The van der Waals surface area contributed by atoms with Crippen LogP contribution in [-0.4, -0.2) is 34.2 Å². The average molecular weight is 353 g/mol. The number of nitro groups is 1. The summed E-state index contributed by atoms with van der Waals surface area (Å²) in [6, 6.07) is 6.99. The molecule has 1 aromatic carbocycles. The van der Waals surface area contributed by atoms with Crippen molar-refractivity contribution in [3.63, 3.8) is 0 Å². The summed E-state index contributed by atoms with van der Waals surface area (Å²) >= 11 is 6.01. The Balaban J connectivity index is 2.00. The molecule has 1 heterocycles. The molecule has 1 unspecified atom stereocenters. The summed E-state index contributed by atoms with van der Waals surface area (Å²) in [6.07, 6.45) is 0. The Morgan fingerprint density at radius 3 is 2.67 bits per heavy atom. The third-order valence-corrected chi connectivity index (χ3v) is 3.89. The van der Waals surface area contributed by atoms with Crippen LogP contribution in [0.2, 0.25) is 5.02 Å². The minimum absolute atomic E-state index is 0.0170. The summed E-state index contributed by atoms with van der Waals surface area (Å²) in [4.78, 5) is 23.5. The molecule has 0 bridgehead atoms. The first-order valence-electron chi connectivity index (χ1n) is 7.33. The van der Waals surface area contributed by atoms with E-state index in [-0.39, 0.29) is 18.1 Å². The number of anilines is 1. The monoisotopic (exact) mass is 352 g/mol. The number of likely N-dealkylation sites (N-methyl/N-ethyl adjacent to an activating group) is 1. The van der Waals surface area contributed by atoms with Gasteiger partial charge in [-0.15, -0.1) is 0 Å². The fourth-order valence-corrected chi connectivity index (χ4v) is 2.63. The molecule has 0 aliphatic carbocycles. The molecule has 1 amide bonds. The van der Waals surface area contributed by atoms with E-state index >= 15 is 0 Å². The highest BCUT2D eigenvalue weighted by Crippen LogP contribution is 2.21. The van der Waals surface area contributed by atoms with E-state index in [1.807, 2.05) is 7.05 Å². The number of carbonyl (C=O) groups excluding carboxylic acids is 1. The quantitative estimate of drug-likeness (QED) is 0.602. The van der Waals surface area contributed by atoms with Crippen LogP contribution in [0.25, 0.3) is 0 Å². The number of nitrogens with zero attached hydrogens (tertiary/aromatic N) is 3. The Bertz CT molecular complexity index is 774. The summed E-state index contributed by atoms with van der Waals surface area (Å²) in [5.74, 6) is -0.198. The first-order valence-corrected chi connectivity index (χ1v) is 7.71. The van der Waals surface area contributed by atoms with Crippen LogP contribution in [0, 0.1) is 24.0 Å². The van der Waals surface area contributed by atoms with Crippen LogP contribution < -0.4 is 10.2 Å². The first-order chi connectivity index (χ1) is 11.3. The molecule has 8 nitrogen and oxygen atoms in total. The molecule has 9 heteroatoms. The van der Waals surface area contributed by atoms with Gasteiger partial charge in [0.25, 0.3) is 5.91 Å². The van der Waals surface area contributed by atoms with Crippen molar-refractivity contribution in [2.75, 3.05) is 18.9 Å². The highest BCUT2D eigenvalue weighted by Gasteiger charge is 2.23. The number of halogens is 1. The molecule has 0 fully saturated rings. The maximum atomic E-state index is 12.1. The van der Waals surface area contributed by atoms with Crippen molar-refractivity contribution in [3.05, 3.63) is 50.8 Å². The Labute approximate surface area is 144 Å². The maximum absolute atomic E-state index is 12.1. The SMILES string of the molecule is Cc1nn(C[NH+](C)CC(=O)Nc2ccccc2Cl)c(C)c1[N+](=O)[O-]. The van der Waals surface area contributed by atoms with Crippen LogP contribution in [0.15, 0.2) is 24.3 Å². The number of benzene rings is 1. The first kappa shape index (κ1) is 17.9. The van der Waals surface area contributed by atoms with E-state index in [1.54, 1.807) is 42.8 Å². The smallest absolute Gasteiger partial charge is 0.312 e. The molecule has 0 radical (unpaired) electrons. The molecular formula is C15H19ClN5O3+. The zero-order chi connectivity index (χ0) is 17.9. The van der Waals surface area contributed by atoms with Crippen LogP contribution in [0.1, 0.15) is 11.4 Å². The Morgan fingerprint density at radius 2 is 2.08 bits per heavy atom. The number of amides is 1. The molecule has 1 atom stereocenters. The minimum atomic E-state index is -0.437. The number of carbonyl (C=O) groups is 1. The zero-order valence-corrected chi connectivity index (χ0v) is 14.4. The summed E-state index contributed by atoms with van der Waals surface area (Å²) in [5, 5.41) is 18.4. The molecule has 0 spiro atoms. The Morgan fingerprint density at radius 1 is 1.42 bits per heavy atom. The third-order valence-electron chi connectivity index (χ3n) is 3.56. The van der Waals surface area contributed by atoms with Crippen LogP contribution in [0.5, 0.6) is 0 Å². The van der Waals surface area contributed by atoms with E-state index in [1.165, 1.54) is 0 Å². The lowest BCUT2D eigenvalue weighted by molar-refractivity contribution is -0.895. The van der Waals surface area contributed by atoms with Crippen LogP contribution in [0.3, 0.4) is 0 Å². The molecule has 1 aromatic heterocycles. The van der Waals surface area contributed by atoms with Crippen LogP contribution in [0.4, 0.5) is 11.4 Å². The summed E-state index contributed by atoms with van der Waals surface area (Å²) in [7, 11) is 1.81. The standard InChI is InChI=1S/C15H18ClN5O3/c1-10-15(21(23)24)11(2)20(18-10)9-19(3)8-14(22)17-13-7-5-4-6-12(13)16/h4-7H,8-9H2,1-3H3,(H,17,22)/p+1. The number of aromatic nitrogens is 2. The number of aryl methyl sites for hydroxylation is 1. The van der Waals surface area contributed by atoms with Gasteiger partial charge in [0, 0.05) is 0 Å². The van der Waals surface area contributed by atoms with Crippen molar-refractivity contribution >= 4 is 28.9 Å². The zero-order valence-electron chi connectivity index (χ0n) is 13.7. The van der Waals surface area contributed by atoms with Crippen molar-refractivity contribution in [3.8, 4) is 0 Å². The molecule has 128 valence electrons. The van der Waals surface area contributed by atoms with Gasteiger partial charge in [-0.1, -0.05) is 23.7 Å². The molecule has 0 saturated carbocycles. The lowest BCUT2D eigenvalue weighted by Crippen LogP contribution is -3.09. The van der Waals surface area contributed by atoms with Gasteiger partial charge in [-0.3, -0.25) is 14.9 Å². The van der Waals surface area contributed by atoms with Gasteiger partial charge >= 0.3 is 5.69 Å². The molecular weight excluding hydrogens is 334 g/mol. The number of quaternary nitrogens is 1. The fourth-order valence-electron chi connectivity index (χ4n) is 2.45. The molecule has 2 N–H and O–H groups in total. The van der Waals surface area contributed by atoms with Gasteiger partial charge in [0.2, 0.25) is 0 Å². The van der Waals surface area contributed by atoms with Crippen molar-refractivity contribution in [1.29, 1.82) is 0 Å². The topological polar surface area (TPSA) is 94.5 Å². The number of para-hydroxylation sites is 1. The molecule has 24 heavy (non-hydrogen) atoms. The van der Waals surface area contributed by atoms with Gasteiger partial charge in [0.1, 0.15) is 11.4 Å². The second-order valence-corrected chi connectivity index (χ2v) is 6.00. The van der Waals surface area contributed by atoms with Gasteiger partial charge in [0.05, 0.1) is 22.7 Å². The summed E-state index contributed by atoms with van der Waals surface area (Å²) < 4.78 is 1.55. The van der Waals surface area contributed by atoms with Crippen LogP contribution >= 0.6 is 11.6 Å². The predicted molar refractivity (Wildman–Crippen MR) is 90.2 cm³/mol. The van der Waals surface area contributed by atoms with E-state index in [4.69, 9.17) is 11.6 Å². The summed E-state index contributed by atoms with van der Waals surface area (Å²) in [5.41, 5.74) is 1.41. The van der Waals surface area contributed by atoms with Gasteiger partial charge in [-0.05, 0) is 26.0 Å². The second kappa shape index (κ2) is 7.41. The van der Waals surface area contributed by atoms with Crippen molar-refractivity contribution in [2.45, 2.75) is 20.5 Å². The van der Waals surface area contributed by atoms with Crippen molar-refractivity contribution in [2.24, 2.45) is 0 Å². The number of nitrogens with one attached hydrogen (secondary N) is 2. The predicted octanol–water partition coefficient (Wildman–Crippen LogP) is 1.17. The average Bonchev–Trinajstić information content (AvgIpc) is 2.75. The van der Waals surface area contributed by atoms with Crippen molar-refractivity contribution < 1.29 is 14.6 Å². The Hall–Kier alpha value is -2.45. The van der Waals surface area contributed by atoms with E-state index in [9.17, 15) is 14.9 Å². The largest absolute Gasteiger partial charge is 0.320 e. The lowest BCUT2D eigenvalue weighted by atomic mass is 10.3. The number of rotatable bonds is 6. The highest BCUT2D eigenvalue weighted by atomic mass is 35.5. The Kier molecular flexibility index (Phi) is 5.53. The lowest BCUT2D eigenvalue weighted by Gasteiger charge is -2.14. The van der Waals surface area contributed by atoms with Gasteiger partial charge in [0.15, 0.2) is 13.2 Å². The third kappa shape index (κ3) is 4.09. The molecule has 2 rings (SSSR count). The van der Waals surface area contributed by atoms with Crippen molar-refractivity contribution in [1.82, 2.24) is 9.78 Å². The highest BCUT2D eigenvalue weighted by molar-refractivity contribution is 6.33. The van der Waals surface area contributed by atoms with Gasteiger partial charge in [-0.2, -0.15) is 5.10 Å². The molecule has 0 saturated heterocycles.